The molecule has 1 amide bonds. The third kappa shape index (κ3) is 6.53. The number of nitrogens with one attached hydrogen (secondary N) is 1. The fourth-order valence-electron chi connectivity index (χ4n) is 1.45. The first-order valence-electron chi connectivity index (χ1n) is 6.23. The molecule has 0 aliphatic carbocycles. The maximum atomic E-state index is 11.6. The molecule has 1 rings (SSSR count). The first kappa shape index (κ1) is 16.6. The molecule has 0 aromatic heterocycles. The van der Waals surface area contributed by atoms with Crippen molar-refractivity contribution >= 4 is 18.3 Å². The summed E-state index contributed by atoms with van der Waals surface area (Å²) >= 11 is 0. The van der Waals surface area contributed by atoms with Gasteiger partial charge in [0.15, 0.2) is 6.04 Å². The van der Waals surface area contributed by atoms with Gasteiger partial charge in [-0.2, -0.15) is 0 Å². The second-order valence-electron chi connectivity index (χ2n) is 3.99. The van der Waals surface area contributed by atoms with Crippen LogP contribution in [0.2, 0.25) is 0 Å². The average molecular weight is 295 g/mol. The molecule has 0 aliphatic heterocycles. The van der Waals surface area contributed by atoms with E-state index in [-0.39, 0.29) is 19.8 Å². The number of aldehydes is 1. The van der Waals surface area contributed by atoms with Crippen molar-refractivity contribution in [2.24, 2.45) is 0 Å². The molecule has 1 aromatic rings. The van der Waals surface area contributed by atoms with Crippen molar-refractivity contribution < 1.29 is 28.6 Å². The van der Waals surface area contributed by atoms with Crippen molar-refractivity contribution in [1.29, 1.82) is 0 Å². The lowest BCUT2D eigenvalue weighted by Gasteiger charge is -2.16. The van der Waals surface area contributed by atoms with Gasteiger partial charge in [-0.25, -0.2) is 9.59 Å². The van der Waals surface area contributed by atoms with Crippen LogP contribution in [0.15, 0.2) is 30.3 Å². The summed E-state index contributed by atoms with van der Waals surface area (Å²) in [5.74, 6) is -0.683. The lowest BCUT2D eigenvalue weighted by atomic mass is 10.2. The molecule has 1 N–H and O–H groups in total. The van der Waals surface area contributed by atoms with Crippen LogP contribution in [0.3, 0.4) is 0 Å². The van der Waals surface area contributed by atoms with Crippen molar-refractivity contribution in [2.75, 3.05) is 20.3 Å². The highest BCUT2D eigenvalue weighted by molar-refractivity contribution is 5.81. The number of hydrogen-bond donors (Lipinski definition) is 1. The van der Waals surface area contributed by atoms with Crippen molar-refractivity contribution in [3.63, 3.8) is 0 Å². The summed E-state index contributed by atoms with van der Waals surface area (Å²) in [6.07, 6.45) is -0.230. The second-order valence-corrected chi connectivity index (χ2v) is 3.99. The number of amides is 1. The number of alkyl carbamates (subject to hydrolysis) is 1. The van der Waals surface area contributed by atoms with E-state index in [0.717, 1.165) is 5.56 Å². The zero-order valence-electron chi connectivity index (χ0n) is 11.6. The van der Waals surface area contributed by atoms with Crippen LogP contribution in [0.4, 0.5) is 4.79 Å². The number of ether oxygens (including phenoxy) is 3. The van der Waals surface area contributed by atoms with Gasteiger partial charge < -0.3 is 24.3 Å². The Morgan fingerprint density at radius 3 is 2.62 bits per heavy atom. The van der Waals surface area contributed by atoms with Crippen molar-refractivity contribution in [3.05, 3.63) is 35.9 Å². The minimum absolute atomic E-state index is 0.0791. The van der Waals surface area contributed by atoms with E-state index in [4.69, 9.17) is 9.47 Å². The quantitative estimate of drug-likeness (QED) is 0.430. The van der Waals surface area contributed by atoms with Crippen LogP contribution in [0.25, 0.3) is 0 Å². The molecular formula is C14H17NO6. The molecule has 0 radical (unpaired) electrons. The number of benzene rings is 1. The molecule has 1 atom stereocenters. The second kappa shape index (κ2) is 9.49. The molecule has 7 heteroatoms. The summed E-state index contributed by atoms with van der Waals surface area (Å²) in [5.41, 5.74) is 0.819. The minimum atomic E-state index is -1.03. The highest BCUT2D eigenvalue weighted by Crippen LogP contribution is 2.01. The van der Waals surface area contributed by atoms with Gasteiger partial charge in [-0.3, -0.25) is 0 Å². The fourth-order valence-corrected chi connectivity index (χ4v) is 1.45. The third-order valence-electron chi connectivity index (χ3n) is 2.46. The first-order chi connectivity index (χ1) is 10.2. The van der Waals surface area contributed by atoms with E-state index in [1.807, 2.05) is 18.2 Å². The molecule has 0 heterocycles. The lowest BCUT2D eigenvalue weighted by molar-refractivity contribution is -0.145. The number of methoxy groups -OCH3 is 1. The highest BCUT2D eigenvalue weighted by Gasteiger charge is 2.22. The van der Waals surface area contributed by atoms with Gasteiger partial charge in [0.05, 0.1) is 13.7 Å². The zero-order valence-corrected chi connectivity index (χ0v) is 11.6. The predicted octanol–water partition coefficient (Wildman–Crippen LogP) is 0.670. The summed E-state index contributed by atoms with van der Waals surface area (Å²) < 4.78 is 14.4. The van der Waals surface area contributed by atoms with Crippen LogP contribution >= 0.6 is 0 Å². The smallest absolute Gasteiger partial charge is 0.408 e. The van der Waals surface area contributed by atoms with Crippen LogP contribution < -0.4 is 5.32 Å². The van der Waals surface area contributed by atoms with Gasteiger partial charge in [0.1, 0.15) is 19.5 Å². The highest BCUT2D eigenvalue weighted by atomic mass is 16.6. The molecular weight excluding hydrogens is 278 g/mol. The Kier molecular flexibility index (Phi) is 7.52. The van der Waals surface area contributed by atoms with Crippen molar-refractivity contribution in [3.8, 4) is 0 Å². The number of carbonyl (C=O) groups excluding carboxylic acids is 3. The van der Waals surface area contributed by atoms with Gasteiger partial charge in [-0.15, -0.1) is 0 Å². The Labute approximate surface area is 122 Å². The molecule has 21 heavy (non-hydrogen) atoms. The monoisotopic (exact) mass is 295 g/mol. The Bertz CT molecular complexity index is 462. The van der Waals surface area contributed by atoms with Crippen LogP contribution in [0.1, 0.15) is 5.56 Å². The molecule has 0 saturated carbocycles. The molecule has 0 unspecified atom stereocenters. The normalized spacial score (nSPS) is 11.3. The van der Waals surface area contributed by atoms with E-state index < -0.39 is 18.1 Å². The van der Waals surface area contributed by atoms with Crippen molar-refractivity contribution in [2.45, 2.75) is 12.6 Å². The summed E-state index contributed by atoms with van der Waals surface area (Å²) in [7, 11) is 1.19. The molecule has 7 nitrogen and oxygen atoms in total. The Balaban J connectivity index is 2.43. The van der Waals surface area contributed by atoms with E-state index in [1.54, 1.807) is 12.1 Å². The Morgan fingerprint density at radius 2 is 2.00 bits per heavy atom. The van der Waals surface area contributed by atoms with E-state index in [9.17, 15) is 14.4 Å². The number of carbonyl (C=O) groups is 3. The van der Waals surface area contributed by atoms with E-state index in [2.05, 4.69) is 10.1 Å². The van der Waals surface area contributed by atoms with Crippen LogP contribution in [0.5, 0.6) is 0 Å². The lowest BCUT2D eigenvalue weighted by Crippen LogP contribution is -2.45. The van der Waals surface area contributed by atoms with Gasteiger partial charge in [-0.1, -0.05) is 30.3 Å². The van der Waals surface area contributed by atoms with E-state index in [1.165, 1.54) is 7.11 Å². The summed E-state index contributed by atoms with van der Waals surface area (Å²) in [4.78, 5) is 33.2. The van der Waals surface area contributed by atoms with Gasteiger partial charge in [0.2, 0.25) is 0 Å². The minimum Gasteiger partial charge on any atom is -0.467 e. The molecule has 114 valence electrons. The van der Waals surface area contributed by atoms with Gasteiger partial charge >= 0.3 is 12.1 Å². The maximum Gasteiger partial charge on any atom is 0.408 e. The van der Waals surface area contributed by atoms with Crippen LogP contribution in [-0.4, -0.2) is 44.7 Å². The maximum absolute atomic E-state index is 11.6. The SMILES string of the molecule is COC(=O)[C@H](COCC=O)NC(=O)OCc1ccccc1. The van der Waals surface area contributed by atoms with Gasteiger partial charge in [0.25, 0.3) is 0 Å². The zero-order chi connectivity index (χ0) is 15.5. The predicted molar refractivity (Wildman–Crippen MR) is 72.4 cm³/mol. The summed E-state index contributed by atoms with van der Waals surface area (Å²) in [6.45, 7) is -0.268. The molecule has 0 bridgehead atoms. The molecule has 0 spiro atoms. The molecule has 1 aromatic carbocycles. The van der Waals surface area contributed by atoms with Crippen LogP contribution in [0, 0.1) is 0 Å². The number of rotatable bonds is 8. The topological polar surface area (TPSA) is 90.9 Å². The number of hydrogen-bond acceptors (Lipinski definition) is 6. The standard InChI is InChI=1S/C14H17NO6/c1-19-13(17)12(10-20-8-7-16)15-14(18)21-9-11-5-3-2-4-6-11/h2-7,12H,8-10H2,1H3,(H,15,18)/t12-/m0/s1. The average Bonchev–Trinajstić information content (AvgIpc) is 2.52. The largest absolute Gasteiger partial charge is 0.467 e. The summed E-state index contributed by atoms with van der Waals surface area (Å²) in [6, 6.07) is 8.07. The van der Waals surface area contributed by atoms with E-state index >= 15 is 0 Å². The number of esters is 1. The van der Waals surface area contributed by atoms with E-state index in [0.29, 0.717) is 6.29 Å². The Hall–Kier alpha value is -2.41. The van der Waals surface area contributed by atoms with Gasteiger partial charge in [-0.05, 0) is 5.56 Å². The van der Waals surface area contributed by atoms with Gasteiger partial charge in [0, 0.05) is 0 Å². The fraction of sp³-hybridized carbons (Fsp3) is 0.357. The van der Waals surface area contributed by atoms with Crippen molar-refractivity contribution in [1.82, 2.24) is 5.32 Å². The van der Waals surface area contributed by atoms with Crippen LogP contribution in [-0.2, 0) is 30.4 Å². The molecule has 0 fully saturated rings. The Morgan fingerprint density at radius 1 is 1.29 bits per heavy atom. The summed E-state index contributed by atoms with van der Waals surface area (Å²) in [5, 5.41) is 2.32. The third-order valence-corrected chi connectivity index (χ3v) is 2.46. The molecule has 0 aliphatic rings. The molecule has 0 saturated heterocycles. The first-order valence-corrected chi connectivity index (χ1v) is 6.23.